The van der Waals surface area contributed by atoms with Crippen molar-refractivity contribution >= 4 is 17.5 Å². The molecule has 1 atom stereocenters. The topological polar surface area (TPSA) is 67.2 Å². The SMILES string of the molecule is Cc1ccc(C2CCCN2C(=O)c2cccc(NC(=O)CCn3ccnc3)c2)cc1C. The molecule has 1 saturated heterocycles. The van der Waals surface area contributed by atoms with E-state index in [1.54, 1.807) is 18.6 Å². The van der Waals surface area contributed by atoms with Gasteiger partial charge in [-0.3, -0.25) is 9.59 Å². The number of imidazole rings is 1. The summed E-state index contributed by atoms with van der Waals surface area (Å²) in [5.74, 6) is -0.0808. The molecule has 3 aromatic rings. The van der Waals surface area contributed by atoms with Gasteiger partial charge in [-0.15, -0.1) is 0 Å². The second-order valence-electron chi connectivity index (χ2n) is 8.18. The maximum Gasteiger partial charge on any atom is 0.254 e. The molecule has 1 unspecified atom stereocenters. The number of aryl methyl sites for hydroxylation is 3. The summed E-state index contributed by atoms with van der Waals surface area (Å²) in [7, 11) is 0. The van der Waals surface area contributed by atoms with Crippen molar-refractivity contribution in [3.05, 3.63) is 83.4 Å². The first-order valence-corrected chi connectivity index (χ1v) is 10.7. The van der Waals surface area contributed by atoms with E-state index >= 15 is 0 Å². The van der Waals surface area contributed by atoms with Gasteiger partial charge in [0.15, 0.2) is 0 Å². The van der Waals surface area contributed by atoms with Gasteiger partial charge in [-0.05, 0) is 61.6 Å². The fraction of sp³-hybridized carbons (Fsp3) is 0.320. The number of aromatic nitrogens is 2. The Morgan fingerprint density at radius 2 is 2.00 bits per heavy atom. The first kappa shape index (κ1) is 20.8. The molecule has 160 valence electrons. The van der Waals surface area contributed by atoms with Crippen LogP contribution < -0.4 is 5.32 Å². The number of carbonyl (C=O) groups excluding carboxylic acids is 2. The second-order valence-corrected chi connectivity index (χ2v) is 8.18. The summed E-state index contributed by atoms with van der Waals surface area (Å²) in [6.07, 6.45) is 7.52. The predicted octanol–water partition coefficient (Wildman–Crippen LogP) is 4.51. The predicted molar refractivity (Wildman–Crippen MR) is 121 cm³/mol. The van der Waals surface area contributed by atoms with Crippen molar-refractivity contribution in [1.29, 1.82) is 0 Å². The van der Waals surface area contributed by atoms with Crippen LogP contribution in [0.2, 0.25) is 0 Å². The van der Waals surface area contributed by atoms with Gasteiger partial charge in [0.2, 0.25) is 5.91 Å². The number of benzene rings is 2. The molecule has 0 saturated carbocycles. The van der Waals surface area contributed by atoms with Crippen molar-refractivity contribution in [2.45, 2.75) is 45.7 Å². The van der Waals surface area contributed by atoms with E-state index in [0.29, 0.717) is 24.2 Å². The van der Waals surface area contributed by atoms with Gasteiger partial charge in [0.25, 0.3) is 5.91 Å². The number of likely N-dealkylation sites (tertiary alicyclic amines) is 1. The lowest BCUT2D eigenvalue weighted by molar-refractivity contribution is -0.116. The molecule has 0 aliphatic carbocycles. The smallest absolute Gasteiger partial charge is 0.254 e. The first-order valence-electron chi connectivity index (χ1n) is 10.7. The summed E-state index contributed by atoms with van der Waals surface area (Å²) in [5, 5.41) is 2.90. The monoisotopic (exact) mass is 416 g/mol. The molecule has 1 N–H and O–H groups in total. The molecule has 2 amide bonds. The van der Waals surface area contributed by atoms with Gasteiger partial charge in [0, 0.05) is 43.2 Å². The Balaban J connectivity index is 1.44. The number of nitrogens with zero attached hydrogens (tertiary/aromatic N) is 3. The third-order valence-electron chi connectivity index (χ3n) is 5.98. The quantitative estimate of drug-likeness (QED) is 0.643. The van der Waals surface area contributed by atoms with Gasteiger partial charge >= 0.3 is 0 Å². The number of amides is 2. The Bertz CT molecular complexity index is 1070. The van der Waals surface area contributed by atoms with Crippen LogP contribution in [0.4, 0.5) is 5.69 Å². The molecule has 2 aromatic carbocycles. The molecule has 6 heteroatoms. The standard InChI is InChI=1S/C25H28N4O2/c1-18-8-9-20(15-19(18)2)23-7-4-12-29(23)25(31)21-5-3-6-22(16-21)27-24(30)10-13-28-14-11-26-17-28/h3,5-6,8-9,11,14-17,23H,4,7,10,12-13H2,1-2H3,(H,27,30). The van der Waals surface area contributed by atoms with Crippen LogP contribution >= 0.6 is 0 Å². The highest BCUT2D eigenvalue weighted by molar-refractivity contribution is 5.97. The lowest BCUT2D eigenvalue weighted by Gasteiger charge is -2.26. The number of nitrogens with one attached hydrogen (secondary N) is 1. The Morgan fingerprint density at radius 3 is 2.77 bits per heavy atom. The molecule has 1 aromatic heterocycles. The third-order valence-corrected chi connectivity index (χ3v) is 5.98. The molecule has 4 rings (SSSR count). The van der Waals surface area contributed by atoms with Crippen LogP contribution in [0.15, 0.2) is 61.2 Å². The Morgan fingerprint density at radius 1 is 1.13 bits per heavy atom. The normalized spacial score (nSPS) is 15.8. The minimum Gasteiger partial charge on any atom is -0.337 e. The maximum atomic E-state index is 13.3. The van der Waals surface area contributed by atoms with Crippen LogP contribution in [-0.4, -0.2) is 32.8 Å². The molecule has 1 aliphatic heterocycles. The van der Waals surface area contributed by atoms with E-state index in [-0.39, 0.29) is 17.9 Å². The Hall–Kier alpha value is -3.41. The summed E-state index contributed by atoms with van der Waals surface area (Å²) in [6, 6.07) is 13.8. The summed E-state index contributed by atoms with van der Waals surface area (Å²) >= 11 is 0. The highest BCUT2D eigenvalue weighted by atomic mass is 16.2. The Labute approximate surface area is 182 Å². The van der Waals surface area contributed by atoms with Crippen LogP contribution in [0.3, 0.4) is 0 Å². The average molecular weight is 417 g/mol. The zero-order valence-corrected chi connectivity index (χ0v) is 18.0. The molecule has 1 aliphatic rings. The highest BCUT2D eigenvalue weighted by Gasteiger charge is 2.30. The van der Waals surface area contributed by atoms with Crippen molar-refractivity contribution in [2.75, 3.05) is 11.9 Å². The summed E-state index contributed by atoms with van der Waals surface area (Å²) < 4.78 is 1.86. The van der Waals surface area contributed by atoms with E-state index in [9.17, 15) is 9.59 Å². The second kappa shape index (κ2) is 9.16. The maximum absolute atomic E-state index is 13.3. The lowest BCUT2D eigenvalue weighted by atomic mass is 9.99. The number of hydrogen-bond acceptors (Lipinski definition) is 3. The van der Waals surface area contributed by atoms with Crippen LogP contribution in [0.25, 0.3) is 0 Å². The molecule has 0 radical (unpaired) electrons. The minimum absolute atomic E-state index is 0.00948. The highest BCUT2D eigenvalue weighted by Crippen LogP contribution is 2.34. The van der Waals surface area contributed by atoms with Crippen molar-refractivity contribution in [1.82, 2.24) is 14.5 Å². The third kappa shape index (κ3) is 4.85. The zero-order chi connectivity index (χ0) is 21.8. The van der Waals surface area contributed by atoms with Crippen molar-refractivity contribution < 1.29 is 9.59 Å². The molecule has 1 fully saturated rings. The molecule has 2 heterocycles. The van der Waals surface area contributed by atoms with Crippen molar-refractivity contribution in [2.24, 2.45) is 0 Å². The van der Waals surface area contributed by atoms with E-state index in [1.165, 1.54) is 16.7 Å². The molecular formula is C25H28N4O2. The minimum atomic E-state index is -0.0903. The van der Waals surface area contributed by atoms with Gasteiger partial charge in [0.05, 0.1) is 12.4 Å². The van der Waals surface area contributed by atoms with Crippen LogP contribution in [0, 0.1) is 13.8 Å². The fourth-order valence-electron chi connectivity index (χ4n) is 4.10. The summed E-state index contributed by atoms with van der Waals surface area (Å²) in [6.45, 7) is 5.53. The van der Waals surface area contributed by atoms with Gasteiger partial charge in [0.1, 0.15) is 0 Å². The molecular weight excluding hydrogens is 388 g/mol. The van der Waals surface area contributed by atoms with E-state index in [2.05, 4.69) is 42.3 Å². The van der Waals surface area contributed by atoms with Crippen molar-refractivity contribution in [3.63, 3.8) is 0 Å². The fourth-order valence-corrected chi connectivity index (χ4v) is 4.10. The van der Waals surface area contributed by atoms with E-state index in [1.807, 2.05) is 33.9 Å². The van der Waals surface area contributed by atoms with E-state index in [0.717, 1.165) is 19.4 Å². The molecule has 0 bridgehead atoms. The lowest BCUT2D eigenvalue weighted by Crippen LogP contribution is -2.30. The average Bonchev–Trinajstić information content (AvgIpc) is 3.46. The summed E-state index contributed by atoms with van der Waals surface area (Å²) in [5.41, 5.74) is 4.94. The van der Waals surface area contributed by atoms with Crippen molar-refractivity contribution in [3.8, 4) is 0 Å². The number of hydrogen-bond donors (Lipinski definition) is 1. The molecule has 6 nitrogen and oxygen atoms in total. The van der Waals surface area contributed by atoms with Crippen LogP contribution in [0.5, 0.6) is 0 Å². The number of anilines is 1. The molecule has 31 heavy (non-hydrogen) atoms. The number of carbonyl (C=O) groups is 2. The van der Waals surface area contributed by atoms with Gasteiger partial charge in [-0.1, -0.05) is 24.3 Å². The van der Waals surface area contributed by atoms with Gasteiger partial charge in [-0.2, -0.15) is 0 Å². The molecule has 0 spiro atoms. The largest absolute Gasteiger partial charge is 0.337 e. The zero-order valence-electron chi connectivity index (χ0n) is 18.0. The van der Waals surface area contributed by atoms with E-state index < -0.39 is 0 Å². The van der Waals surface area contributed by atoms with Crippen LogP contribution in [-0.2, 0) is 11.3 Å². The van der Waals surface area contributed by atoms with E-state index in [4.69, 9.17) is 0 Å². The first-order chi connectivity index (χ1) is 15.0. The number of rotatable bonds is 6. The Kier molecular flexibility index (Phi) is 6.16. The summed E-state index contributed by atoms with van der Waals surface area (Å²) in [4.78, 5) is 31.5. The van der Waals surface area contributed by atoms with Gasteiger partial charge in [-0.25, -0.2) is 4.98 Å². The van der Waals surface area contributed by atoms with Crippen LogP contribution in [0.1, 0.15) is 52.4 Å². The van der Waals surface area contributed by atoms with Gasteiger partial charge < -0.3 is 14.8 Å².